The summed E-state index contributed by atoms with van der Waals surface area (Å²) >= 11 is 13.3. The van der Waals surface area contributed by atoms with Crippen LogP contribution in [-0.2, 0) is 20.8 Å². The first-order chi connectivity index (χ1) is 14.6. The van der Waals surface area contributed by atoms with Crippen molar-refractivity contribution in [2.75, 3.05) is 48.9 Å². The number of hydrogen-bond acceptors (Lipinski definition) is 7. The van der Waals surface area contributed by atoms with Crippen molar-refractivity contribution in [3.05, 3.63) is 28.2 Å². The van der Waals surface area contributed by atoms with Gasteiger partial charge in [0.25, 0.3) is 0 Å². The second kappa shape index (κ2) is 10.2. The number of ether oxygens (including phenoxy) is 2. The first kappa shape index (κ1) is 21.7. The zero-order chi connectivity index (χ0) is 20.9. The van der Waals surface area contributed by atoms with Crippen molar-refractivity contribution in [1.82, 2.24) is 14.8 Å². The molecule has 0 bridgehead atoms. The van der Waals surface area contributed by atoms with Gasteiger partial charge in [-0.1, -0.05) is 35.0 Å². The van der Waals surface area contributed by atoms with Crippen LogP contribution in [0.1, 0.15) is 12.8 Å². The van der Waals surface area contributed by atoms with Crippen LogP contribution in [0.3, 0.4) is 0 Å². The molecule has 0 radical (unpaired) electrons. The molecule has 1 N–H and O–H groups in total. The van der Waals surface area contributed by atoms with Crippen molar-refractivity contribution in [1.29, 1.82) is 0 Å². The van der Waals surface area contributed by atoms with E-state index < -0.39 is 0 Å². The molecule has 2 fully saturated rings. The van der Waals surface area contributed by atoms with Crippen LogP contribution in [0.5, 0.6) is 0 Å². The minimum absolute atomic E-state index is 0.144. The van der Waals surface area contributed by atoms with Gasteiger partial charge in [-0.2, -0.15) is 0 Å². The lowest BCUT2D eigenvalue weighted by Gasteiger charge is -2.28. The van der Waals surface area contributed by atoms with E-state index in [2.05, 4.69) is 25.0 Å². The summed E-state index contributed by atoms with van der Waals surface area (Å²) in [5.41, 5.74) is 0.602. The van der Waals surface area contributed by atoms with Crippen molar-refractivity contribution in [3.8, 4) is 0 Å². The van der Waals surface area contributed by atoms with E-state index in [1.165, 1.54) is 11.8 Å². The Morgan fingerprint density at radius 1 is 1.20 bits per heavy atom. The summed E-state index contributed by atoms with van der Waals surface area (Å²) in [5, 5.41) is 13.1. The normalized spacial score (nSPS) is 19.3. The quantitative estimate of drug-likeness (QED) is 0.620. The Morgan fingerprint density at radius 3 is 2.77 bits per heavy atom. The van der Waals surface area contributed by atoms with Crippen molar-refractivity contribution < 1.29 is 14.3 Å². The maximum atomic E-state index is 12.4. The minimum atomic E-state index is -0.155. The molecule has 1 atom stereocenters. The molecule has 0 saturated carbocycles. The Labute approximate surface area is 189 Å². The number of amides is 1. The fourth-order valence-corrected chi connectivity index (χ4v) is 4.48. The van der Waals surface area contributed by atoms with E-state index in [-0.39, 0.29) is 17.8 Å². The highest BCUT2D eigenvalue weighted by Crippen LogP contribution is 2.27. The predicted octanol–water partition coefficient (Wildman–Crippen LogP) is 3.33. The molecule has 3 heterocycles. The first-order valence-corrected chi connectivity index (χ1v) is 11.6. The van der Waals surface area contributed by atoms with Gasteiger partial charge in [0, 0.05) is 25.4 Å². The van der Waals surface area contributed by atoms with E-state index in [9.17, 15) is 4.79 Å². The average Bonchev–Trinajstić information content (AvgIpc) is 3.40. The summed E-state index contributed by atoms with van der Waals surface area (Å²) in [4.78, 5) is 14.6. The van der Waals surface area contributed by atoms with Crippen molar-refractivity contribution in [3.63, 3.8) is 0 Å². The van der Waals surface area contributed by atoms with Crippen LogP contribution in [0.25, 0.3) is 0 Å². The zero-order valence-corrected chi connectivity index (χ0v) is 18.7. The standard InChI is InChI=1S/C19H23Cl2N5O3S/c20-15-4-3-13(10-16(15)21)22-17(27)12-30-19-24-23-18(25-5-8-28-9-6-25)26(19)11-14-2-1-7-29-14/h3-4,10,14H,1-2,5-9,11-12H2,(H,22,27)/t14-/m1/s1. The molecule has 162 valence electrons. The van der Waals surface area contributed by atoms with E-state index in [1.54, 1.807) is 18.2 Å². The third-order valence-electron chi connectivity index (χ3n) is 4.94. The highest BCUT2D eigenvalue weighted by atomic mass is 35.5. The molecular weight excluding hydrogens is 449 g/mol. The van der Waals surface area contributed by atoms with Gasteiger partial charge in [-0.15, -0.1) is 10.2 Å². The van der Waals surface area contributed by atoms with Gasteiger partial charge >= 0.3 is 0 Å². The molecular formula is C19H23Cl2N5O3S. The molecule has 30 heavy (non-hydrogen) atoms. The Bertz CT molecular complexity index is 885. The van der Waals surface area contributed by atoms with E-state index in [4.69, 9.17) is 32.7 Å². The Kier molecular flexibility index (Phi) is 7.37. The number of benzene rings is 1. The molecule has 1 amide bonds. The summed E-state index contributed by atoms with van der Waals surface area (Å²) in [7, 11) is 0. The number of thioether (sulfide) groups is 1. The topological polar surface area (TPSA) is 81.5 Å². The highest BCUT2D eigenvalue weighted by Gasteiger charge is 2.25. The van der Waals surface area contributed by atoms with Gasteiger partial charge in [0.15, 0.2) is 5.16 Å². The van der Waals surface area contributed by atoms with E-state index in [1.807, 2.05) is 0 Å². The second-order valence-corrected chi connectivity index (χ2v) is 8.85. The summed E-state index contributed by atoms with van der Waals surface area (Å²) in [6, 6.07) is 5.00. The maximum absolute atomic E-state index is 12.4. The van der Waals surface area contributed by atoms with Crippen LogP contribution in [-0.4, -0.2) is 65.4 Å². The predicted molar refractivity (Wildman–Crippen MR) is 118 cm³/mol. The molecule has 8 nitrogen and oxygen atoms in total. The second-order valence-electron chi connectivity index (χ2n) is 7.09. The van der Waals surface area contributed by atoms with Gasteiger partial charge in [-0.25, -0.2) is 0 Å². The van der Waals surface area contributed by atoms with Crippen LogP contribution in [0.2, 0.25) is 10.0 Å². The van der Waals surface area contributed by atoms with Crippen LogP contribution < -0.4 is 10.2 Å². The molecule has 0 spiro atoms. The van der Waals surface area contributed by atoms with Gasteiger partial charge in [0.2, 0.25) is 11.9 Å². The number of halogens is 2. The van der Waals surface area contributed by atoms with E-state index >= 15 is 0 Å². The third-order valence-corrected chi connectivity index (χ3v) is 6.64. The van der Waals surface area contributed by atoms with E-state index in [0.717, 1.165) is 38.5 Å². The molecule has 2 aliphatic heterocycles. The average molecular weight is 472 g/mol. The minimum Gasteiger partial charge on any atom is -0.378 e. The lowest BCUT2D eigenvalue weighted by atomic mass is 10.2. The lowest BCUT2D eigenvalue weighted by Crippen LogP contribution is -2.38. The van der Waals surface area contributed by atoms with Gasteiger partial charge in [-0.3, -0.25) is 9.36 Å². The Hall–Kier alpha value is -1.52. The van der Waals surface area contributed by atoms with Crippen LogP contribution in [0.15, 0.2) is 23.4 Å². The zero-order valence-electron chi connectivity index (χ0n) is 16.4. The van der Waals surface area contributed by atoms with Crippen LogP contribution >= 0.6 is 35.0 Å². The summed E-state index contributed by atoms with van der Waals surface area (Å²) in [5.74, 6) is 0.853. The monoisotopic (exact) mass is 471 g/mol. The largest absolute Gasteiger partial charge is 0.378 e. The molecule has 2 saturated heterocycles. The lowest BCUT2D eigenvalue weighted by molar-refractivity contribution is -0.113. The van der Waals surface area contributed by atoms with E-state index in [0.29, 0.717) is 40.6 Å². The molecule has 4 rings (SSSR count). The number of anilines is 2. The smallest absolute Gasteiger partial charge is 0.234 e. The van der Waals surface area contributed by atoms with Crippen molar-refractivity contribution >= 4 is 52.5 Å². The summed E-state index contributed by atoms with van der Waals surface area (Å²) in [6.45, 7) is 4.34. The van der Waals surface area contributed by atoms with Crippen LogP contribution in [0.4, 0.5) is 11.6 Å². The Balaban J connectivity index is 1.43. The summed E-state index contributed by atoms with van der Waals surface area (Å²) < 4.78 is 13.3. The number of morpholine rings is 1. The summed E-state index contributed by atoms with van der Waals surface area (Å²) in [6.07, 6.45) is 2.22. The fourth-order valence-electron chi connectivity index (χ4n) is 3.44. The number of rotatable bonds is 7. The molecule has 0 unspecified atom stereocenters. The molecule has 1 aromatic heterocycles. The molecule has 2 aliphatic rings. The molecule has 1 aromatic carbocycles. The van der Waals surface area contributed by atoms with Gasteiger partial charge in [0.1, 0.15) is 0 Å². The molecule has 11 heteroatoms. The highest BCUT2D eigenvalue weighted by molar-refractivity contribution is 7.99. The first-order valence-electron chi connectivity index (χ1n) is 9.85. The third kappa shape index (κ3) is 5.39. The number of aromatic nitrogens is 3. The van der Waals surface area contributed by atoms with Crippen molar-refractivity contribution in [2.45, 2.75) is 30.6 Å². The molecule has 0 aliphatic carbocycles. The Morgan fingerprint density at radius 2 is 2.03 bits per heavy atom. The fraction of sp³-hybridized carbons (Fsp3) is 0.526. The van der Waals surface area contributed by atoms with Gasteiger partial charge < -0.3 is 19.7 Å². The number of nitrogens with zero attached hydrogens (tertiary/aromatic N) is 4. The maximum Gasteiger partial charge on any atom is 0.234 e. The van der Waals surface area contributed by atoms with Gasteiger partial charge in [0.05, 0.1) is 41.7 Å². The number of carbonyl (C=O) groups is 1. The van der Waals surface area contributed by atoms with Gasteiger partial charge in [-0.05, 0) is 31.0 Å². The van der Waals surface area contributed by atoms with Crippen LogP contribution in [0, 0.1) is 0 Å². The number of hydrogen-bond donors (Lipinski definition) is 1. The number of carbonyl (C=O) groups excluding carboxylic acids is 1. The SMILES string of the molecule is O=C(CSc1nnc(N2CCOCC2)n1C[C@H]1CCCO1)Nc1ccc(Cl)c(Cl)c1. The number of nitrogens with one attached hydrogen (secondary N) is 1. The van der Waals surface area contributed by atoms with Crippen molar-refractivity contribution in [2.24, 2.45) is 0 Å². The molecule has 2 aromatic rings.